The van der Waals surface area contributed by atoms with Crippen molar-refractivity contribution in [1.29, 1.82) is 0 Å². The highest BCUT2D eigenvalue weighted by Crippen LogP contribution is 2.04. The second kappa shape index (κ2) is 5.13. The van der Waals surface area contributed by atoms with Crippen LogP contribution in [0.25, 0.3) is 0 Å². The predicted octanol–water partition coefficient (Wildman–Crippen LogP) is 0.956. The fourth-order valence-electron chi connectivity index (χ4n) is 0.531. The van der Waals surface area contributed by atoms with Crippen molar-refractivity contribution in [1.82, 2.24) is 0 Å². The molecule has 0 aliphatic carbocycles. The number of ether oxygens (including phenoxy) is 1. The third kappa shape index (κ3) is 3.98. The Kier molecular flexibility index (Phi) is 4.86. The summed E-state index contributed by atoms with van der Waals surface area (Å²) >= 11 is 0. The first kappa shape index (κ1) is 10.4. The van der Waals surface area contributed by atoms with Gasteiger partial charge in [-0.1, -0.05) is 6.92 Å². The van der Waals surface area contributed by atoms with Crippen LogP contribution in [0.3, 0.4) is 0 Å². The topological polar surface area (TPSA) is 46.5 Å². The van der Waals surface area contributed by atoms with Crippen LogP contribution in [-0.2, 0) is 9.53 Å². The van der Waals surface area contributed by atoms with Gasteiger partial charge >= 0.3 is 5.97 Å². The van der Waals surface area contributed by atoms with Gasteiger partial charge in [0, 0.05) is 0 Å². The van der Waals surface area contributed by atoms with Crippen LogP contribution >= 0.6 is 0 Å². The maximum absolute atomic E-state index is 11.0. The number of carbonyl (C=O) groups excluding carboxylic acids is 1. The molecule has 66 valence electrons. The summed E-state index contributed by atoms with van der Waals surface area (Å²) in [5.41, 5.74) is 0. The Hall–Kier alpha value is -0.570. The van der Waals surface area contributed by atoms with Crippen molar-refractivity contribution in [2.24, 2.45) is 5.92 Å². The summed E-state index contributed by atoms with van der Waals surface area (Å²) in [6, 6.07) is 0. The number of hydrogen-bond donors (Lipinski definition) is 1. The van der Waals surface area contributed by atoms with E-state index in [1.165, 1.54) is 0 Å². The molecule has 3 nitrogen and oxygen atoms in total. The molecule has 0 spiro atoms. The predicted molar refractivity (Wildman–Crippen MR) is 42.1 cm³/mol. The van der Waals surface area contributed by atoms with Gasteiger partial charge in [-0.25, -0.2) is 0 Å². The molecule has 3 heteroatoms. The minimum atomic E-state index is -0.626. The number of esters is 1. The minimum absolute atomic E-state index is 0.318. The standard InChI is InChI=1S/C8H16O3/c1-4-5-11-8(10)6(2)7(3)9/h6-7,9H,4-5H2,1-3H3. The van der Waals surface area contributed by atoms with E-state index in [4.69, 9.17) is 9.84 Å². The van der Waals surface area contributed by atoms with E-state index in [-0.39, 0.29) is 5.97 Å². The Morgan fingerprint density at radius 2 is 2.09 bits per heavy atom. The zero-order valence-electron chi connectivity index (χ0n) is 7.33. The highest BCUT2D eigenvalue weighted by molar-refractivity contribution is 5.72. The van der Waals surface area contributed by atoms with Crippen molar-refractivity contribution in [2.45, 2.75) is 33.3 Å². The van der Waals surface area contributed by atoms with Crippen molar-refractivity contribution in [3.63, 3.8) is 0 Å². The highest BCUT2D eigenvalue weighted by Gasteiger charge is 2.18. The Balaban J connectivity index is 3.64. The molecule has 0 aromatic heterocycles. The number of aliphatic hydroxyl groups excluding tert-OH is 1. The molecule has 0 aliphatic heterocycles. The van der Waals surface area contributed by atoms with Crippen molar-refractivity contribution in [2.75, 3.05) is 6.61 Å². The van der Waals surface area contributed by atoms with Crippen LogP contribution in [0.1, 0.15) is 27.2 Å². The van der Waals surface area contributed by atoms with Gasteiger partial charge in [0.2, 0.25) is 0 Å². The van der Waals surface area contributed by atoms with Gasteiger partial charge in [-0.05, 0) is 20.3 Å². The second-order valence-corrected chi connectivity index (χ2v) is 2.70. The molecule has 0 heterocycles. The Labute approximate surface area is 67.4 Å². The lowest BCUT2D eigenvalue weighted by Crippen LogP contribution is -2.25. The molecule has 0 saturated carbocycles. The molecular formula is C8H16O3. The van der Waals surface area contributed by atoms with E-state index < -0.39 is 12.0 Å². The first-order valence-corrected chi connectivity index (χ1v) is 3.94. The van der Waals surface area contributed by atoms with Gasteiger partial charge in [-0.15, -0.1) is 0 Å². The van der Waals surface area contributed by atoms with Crippen molar-refractivity contribution in [3.8, 4) is 0 Å². The van der Waals surface area contributed by atoms with Gasteiger partial charge in [0.05, 0.1) is 18.6 Å². The Morgan fingerprint density at radius 1 is 1.55 bits per heavy atom. The van der Waals surface area contributed by atoms with Gasteiger partial charge in [0.1, 0.15) is 0 Å². The van der Waals surface area contributed by atoms with Crippen molar-refractivity contribution < 1.29 is 14.6 Å². The lowest BCUT2D eigenvalue weighted by atomic mass is 10.1. The zero-order chi connectivity index (χ0) is 8.85. The summed E-state index contributed by atoms with van der Waals surface area (Å²) in [5, 5.41) is 8.99. The smallest absolute Gasteiger partial charge is 0.311 e. The third-order valence-electron chi connectivity index (χ3n) is 1.54. The fourth-order valence-corrected chi connectivity index (χ4v) is 0.531. The largest absolute Gasteiger partial charge is 0.465 e. The van der Waals surface area contributed by atoms with Crippen LogP contribution in [-0.4, -0.2) is 23.8 Å². The molecule has 2 atom stereocenters. The first-order chi connectivity index (χ1) is 5.09. The summed E-state index contributed by atoms with van der Waals surface area (Å²) in [4.78, 5) is 11.0. The molecule has 11 heavy (non-hydrogen) atoms. The van der Waals surface area contributed by atoms with Gasteiger partial charge < -0.3 is 9.84 Å². The molecule has 2 unspecified atom stereocenters. The highest BCUT2D eigenvalue weighted by atomic mass is 16.5. The van der Waals surface area contributed by atoms with Crippen LogP contribution < -0.4 is 0 Å². The second-order valence-electron chi connectivity index (χ2n) is 2.70. The molecule has 0 bridgehead atoms. The van der Waals surface area contributed by atoms with E-state index in [2.05, 4.69) is 0 Å². The zero-order valence-corrected chi connectivity index (χ0v) is 7.33. The maximum atomic E-state index is 11.0. The van der Waals surface area contributed by atoms with E-state index in [9.17, 15) is 4.79 Å². The third-order valence-corrected chi connectivity index (χ3v) is 1.54. The summed E-state index contributed by atoms with van der Waals surface area (Å²) in [7, 11) is 0. The summed E-state index contributed by atoms with van der Waals surface area (Å²) < 4.78 is 4.82. The van der Waals surface area contributed by atoms with Crippen molar-refractivity contribution >= 4 is 5.97 Å². The van der Waals surface area contributed by atoms with Crippen molar-refractivity contribution in [3.05, 3.63) is 0 Å². The molecular weight excluding hydrogens is 144 g/mol. The van der Waals surface area contributed by atoms with E-state index in [0.29, 0.717) is 6.61 Å². The molecule has 0 aromatic carbocycles. The van der Waals surface area contributed by atoms with Crippen LogP contribution in [0.4, 0.5) is 0 Å². The van der Waals surface area contributed by atoms with Gasteiger partial charge in [0.15, 0.2) is 0 Å². The van der Waals surface area contributed by atoms with E-state index in [0.717, 1.165) is 6.42 Å². The number of aliphatic hydroxyl groups is 1. The fraction of sp³-hybridized carbons (Fsp3) is 0.875. The van der Waals surface area contributed by atoms with Gasteiger partial charge in [-0.3, -0.25) is 4.79 Å². The minimum Gasteiger partial charge on any atom is -0.465 e. The quantitative estimate of drug-likeness (QED) is 0.623. The first-order valence-electron chi connectivity index (χ1n) is 3.94. The summed E-state index contributed by atoms with van der Waals surface area (Å²) in [5.74, 6) is -0.733. The van der Waals surface area contributed by atoms with Gasteiger partial charge in [-0.2, -0.15) is 0 Å². The molecule has 0 aromatic rings. The molecule has 0 aliphatic rings. The van der Waals surface area contributed by atoms with Crippen LogP contribution in [0.5, 0.6) is 0 Å². The Bertz CT molecular complexity index is 121. The van der Waals surface area contributed by atoms with E-state index in [1.807, 2.05) is 6.92 Å². The SMILES string of the molecule is CCCOC(=O)C(C)C(C)O. The molecule has 0 radical (unpaired) electrons. The lowest BCUT2D eigenvalue weighted by molar-refractivity contribution is -0.151. The maximum Gasteiger partial charge on any atom is 0.311 e. The molecule has 0 amide bonds. The number of hydrogen-bond acceptors (Lipinski definition) is 3. The average molecular weight is 160 g/mol. The summed E-state index contributed by atoms with van der Waals surface area (Å²) in [6.45, 7) is 5.61. The van der Waals surface area contributed by atoms with E-state index >= 15 is 0 Å². The number of carbonyl (C=O) groups is 1. The van der Waals surface area contributed by atoms with Gasteiger partial charge in [0.25, 0.3) is 0 Å². The summed E-state index contributed by atoms with van der Waals surface area (Å²) in [6.07, 6.45) is 0.192. The number of rotatable bonds is 4. The van der Waals surface area contributed by atoms with Crippen LogP contribution in [0, 0.1) is 5.92 Å². The molecule has 1 N–H and O–H groups in total. The van der Waals surface area contributed by atoms with Crippen LogP contribution in [0.2, 0.25) is 0 Å². The monoisotopic (exact) mass is 160 g/mol. The lowest BCUT2D eigenvalue weighted by Gasteiger charge is -2.12. The van der Waals surface area contributed by atoms with Crippen LogP contribution in [0.15, 0.2) is 0 Å². The normalized spacial score (nSPS) is 15.6. The molecule has 0 rings (SSSR count). The Morgan fingerprint density at radius 3 is 2.45 bits per heavy atom. The van der Waals surface area contributed by atoms with E-state index in [1.54, 1.807) is 13.8 Å². The average Bonchev–Trinajstić information content (AvgIpc) is 1.98. The molecule has 0 saturated heterocycles. The molecule has 0 fully saturated rings.